The molecule has 0 spiro atoms. The summed E-state index contributed by atoms with van der Waals surface area (Å²) in [5.74, 6) is 2.82. The minimum atomic E-state index is -0.514. The van der Waals surface area contributed by atoms with Crippen LogP contribution in [-0.4, -0.2) is 21.9 Å². The first-order chi connectivity index (χ1) is 15.2. The lowest BCUT2D eigenvalue weighted by Crippen LogP contribution is -2.56. The highest BCUT2D eigenvalue weighted by Gasteiger charge is 2.64. The van der Waals surface area contributed by atoms with Gasteiger partial charge in [0.2, 0.25) is 0 Å². The maximum atomic E-state index is 11.4. The van der Waals surface area contributed by atoms with Crippen LogP contribution in [-0.2, 0) is 6.42 Å². The molecule has 1 aromatic carbocycles. The SMILES string of the molecule is C[C@]12CC[C@H](O)C=C1C[C@@H](CCCCc1ccccc1)C1C2CC[C@@]2(C)C1CC[C@]2(C)O. The predicted molar refractivity (Wildman–Crippen MR) is 131 cm³/mol. The lowest BCUT2D eigenvalue weighted by molar-refractivity contribution is -0.133. The van der Waals surface area contributed by atoms with Crippen LogP contribution in [0.2, 0.25) is 0 Å². The van der Waals surface area contributed by atoms with Crippen LogP contribution in [0.4, 0.5) is 0 Å². The largest absolute Gasteiger partial charge is 0.390 e. The van der Waals surface area contributed by atoms with Gasteiger partial charge < -0.3 is 10.2 Å². The first kappa shape index (κ1) is 22.7. The van der Waals surface area contributed by atoms with Gasteiger partial charge in [-0.2, -0.15) is 0 Å². The van der Waals surface area contributed by atoms with Crippen LogP contribution in [0.25, 0.3) is 0 Å². The summed E-state index contributed by atoms with van der Waals surface area (Å²) in [7, 11) is 0. The van der Waals surface area contributed by atoms with E-state index in [1.54, 1.807) is 5.57 Å². The predicted octanol–water partition coefficient (Wildman–Crippen LogP) is 6.70. The fraction of sp³-hybridized carbons (Fsp3) is 0.733. The Morgan fingerprint density at radius 2 is 1.66 bits per heavy atom. The molecule has 0 aromatic heterocycles. The minimum absolute atomic E-state index is 0.0716. The van der Waals surface area contributed by atoms with Gasteiger partial charge in [-0.3, -0.25) is 0 Å². The molecule has 0 saturated heterocycles. The lowest BCUT2D eigenvalue weighted by atomic mass is 9.44. The summed E-state index contributed by atoms with van der Waals surface area (Å²) in [5, 5.41) is 21.8. The van der Waals surface area contributed by atoms with Gasteiger partial charge >= 0.3 is 0 Å². The third-order valence-corrected chi connectivity index (χ3v) is 11.0. The third-order valence-electron chi connectivity index (χ3n) is 11.0. The fourth-order valence-electron chi connectivity index (χ4n) is 8.77. The van der Waals surface area contributed by atoms with Gasteiger partial charge in [-0.25, -0.2) is 0 Å². The van der Waals surface area contributed by atoms with Crippen molar-refractivity contribution in [3.8, 4) is 0 Å². The molecule has 2 N–H and O–H groups in total. The van der Waals surface area contributed by atoms with Crippen molar-refractivity contribution in [3.63, 3.8) is 0 Å². The number of aryl methyl sites for hydroxylation is 1. The first-order valence-corrected chi connectivity index (χ1v) is 13.4. The molecule has 0 amide bonds. The molecule has 32 heavy (non-hydrogen) atoms. The van der Waals surface area contributed by atoms with E-state index in [1.165, 1.54) is 50.5 Å². The number of hydrogen-bond acceptors (Lipinski definition) is 2. The van der Waals surface area contributed by atoms with E-state index >= 15 is 0 Å². The molecule has 0 radical (unpaired) electrons. The molecule has 1 aromatic rings. The molecule has 0 heterocycles. The molecule has 3 unspecified atom stereocenters. The molecule has 2 nitrogen and oxygen atoms in total. The Kier molecular flexibility index (Phi) is 5.86. The number of hydrogen-bond donors (Lipinski definition) is 2. The zero-order valence-corrected chi connectivity index (χ0v) is 20.5. The van der Waals surface area contributed by atoms with Crippen LogP contribution in [0.1, 0.15) is 90.5 Å². The summed E-state index contributed by atoms with van der Waals surface area (Å²) < 4.78 is 0. The van der Waals surface area contributed by atoms with Gasteiger partial charge in [0.25, 0.3) is 0 Å². The van der Waals surface area contributed by atoms with E-state index in [0.717, 1.165) is 37.5 Å². The van der Waals surface area contributed by atoms with E-state index in [4.69, 9.17) is 0 Å². The smallest absolute Gasteiger partial charge is 0.0724 e. The van der Waals surface area contributed by atoms with Gasteiger partial charge in [0.1, 0.15) is 0 Å². The highest BCUT2D eigenvalue weighted by atomic mass is 16.3. The second kappa shape index (κ2) is 8.27. The number of rotatable bonds is 5. The van der Waals surface area contributed by atoms with E-state index in [0.29, 0.717) is 11.8 Å². The van der Waals surface area contributed by atoms with E-state index in [1.807, 2.05) is 0 Å². The molecular formula is C30H44O2. The number of fused-ring (bicyclic) bond motifs is 5. The molecular weight excluding hydrogens is 392 g/mol. The Labute approximate surface area is 195 Å². The molecule has 4 aliphatic carbocycles. The van der Waals surface area contributed by atoms with E-state index in [-0.39, 0.29) is 16.9 Å². The van der Waals surface area contributed by atoms with Gasteiger partial charge in [0.05, 0.1) is 11.7 Å². The quantitative estimate of drug-likeness (QED) is 0.398. The number of allylic oxidation sites excluding steroid dienone is 1. The van der Waals surface area contributed by atoms with Crippen molar-refractivity contribution in [3.05, 3.63) is 47.5 Å². The highest BCUT2D eigenvalue weighted by molar-refractivity contribution is 5.27. The molecule has 4 aliphatic rings. The Bertz CT molecular complexity index is 842. The molecule has 3 fully saturated rings. The third kappa shape index (κ3) is 3.61. The maximum absolute atomic E-state index is 11.4. The topological polar surface area (TPSA) is 40.5 Å². The second-order valence-corrected chi connectivity index (χ2v) is 12.5. The average Bonchev–Trinajstić information content (AvgIpc) is 3.02. The Morgan fingerprint density at radius 1 is 0.906 bits per heavy atom. The fourth-order valence-corrected chi connectivity index (χ4v) is 8.77. The van der Waals surface area contributed by atoms with Gasteiger partial charge in [0.15, 0.2) is 0 Å². The van der Waals surface area contributed by atoms with E-state index in [2.05, 4.69) is 57.2 Å². The molecule has 0 aliphatic heterocycles. The number of aliphatic hydroxyl groups is 2. The van der Waals surface area contributed by atoms with Crippen molar-refractivity contribution in [2.24, 2.45) is 34.5 Å². The molecule has 0 bridgehead atoms. The summed E-state index contributed by atoms with van der Waals surface area (Å²) in [4.78, 5) is 0. The Hall–Kier alpha value is -1.12. The summed E-state index contributed by atoms with van der Waals surface area (Å²) in [5.41, 5.74) is 2.85. The van der Waals surface area contributed by atoms with Crippen molar-refractivity contribution in [2.45, 2.75) is 103 Å². The van der Waals surface area contributed by atoms with Crippen LogP contribution in [0.5, 0.6) is 0 Å². The zero-order valence-electron chi connectivity index (χ0n) is 20.5. The van der Waals surface area contributed by atoms with Gasteiger partial charge in [-0.1, -0.05) is 62.2 Å². The highest BCUT2D eigenvalue weighted by Crippen LogP contribution is 2.69. The molecule has 5 rings (SSSR count). The second-order valence-electron chi connectivity index (χ2n) is 12.5. The van der Waals surface area contributed by atoms with Crippen LogP contribution >= 0.6 is 0 Å². The maximum Gasteiger partial charge on any atom is 0.0724 e. The minimum Gasteiger partial charge on any atom is -0.390 e. The average molecular weight is 437 g/mol. The van der Waals surface area contributed by atoms with Gasteiger partial charge in [-0.15, -0.1) is 0 Å². The van der Waals surface area contributed by atoms with Gasteiger partial charge in [0, 0.05) is 0 Å². The van der Waals surface area contributed by atoms with Crippen LogP contribution < -0.4 is 0 Å². The standard InChI is InChI=1S/C30H44O2/c1-28-16-13-24(31)20-23(28)19-22(12-8-7-11-21-9-5-4-6-10-21)27-25(28)14-17-29(2)26(27)15-18-30(29,3)32/h4-6,9-10,20,22,24-27,31-32H,7-8,11-19H2,1-3H3/t22-,24+,25?,26?,27?,28+,29+,30+/m1/s1. The summed E-state index contributed by atoms with van der Waals surface area (Å²) >= 11 is 0. The monoisotopic (exact) mass is 436 g/mol. The van der Waals surface area contributed by atoms with Crippen molar-refractivity contribution < 1.29 is 10.2 Å². The Balaban J connectivity index is 1.38. The molecule has 3 saturated carbocycles. The van der Waals surface area contributed by atoms with Gasteiger partial charge in [-0.05, 0) is 111 Å². The number of unbranched alkanes of at least 4 members (excludes halogenated alkanes) is 1. The zero-order chi connectivity index (χ0) is 22.6. The van der Waals surface area contributed by atoms with Crippen molar-refractivity contribution in [1.82, 2.24) is 0 Å². The summed E-state index contributed by atoms with van der Waals surface area (Å²) in [6.07, 6.45) is 14.8. The van der Waals surface area contributed by atoms with E-state index in [9.17, 15) is 10.2 Å². The van der Waals surface area contributed by atoms with Crippen molar-refractivity contribution >= 4 is 0 Å². The van der Waals surface area contributed by atoms with Crippen LogP contribution in [0, 0.1) is 34.5 Å². The Morgan fingerprint density at radius 3 is 2.44 bits per heavy atom. The molecule has 8 atom stereocenters. The van der Waals surface area contributed by atoms with Crippen LogP contribution in [0.3, 0.4) is 0 Å². The van der Waals surface area contributed by atoms with Crippen molar-refractivity contribution in [2.75, 3.05) is 0 Å². The molecule has 2 heteroatoms. The summed E-state index contributed by atoms with van der Waals surface area (Å²) in [6.45, 7) is 7.05. The van der Waals surface area contributed by atoms with Crippen molar-refractivity contribution in [1.29, 1.82) is 0 Å². The summed E-state index contributed by atoms with van der Waals surface area (Å²) in [6, 6.07) is 10.9. The normalized spacial score (nSPS) is 45.5. The number of aliphatic hydroxyl groups excluding tert-OH is 1. The van der Waals surface area contributed by atoms with E-state index < -0.39 is 5.60 Å². The number of benzene rings is 1. The van der Waals surface area contributed by atoms with Crippen LogP contribution in [0.15, 0.2) is 42.0 Å². The molecule has 176 valence electrons. The first-order valence-electron chi connectivity index (χ1n) is 13.4. The lowest BCUT2D eigenvalue weighted by Gasteiger charge is -2.61.